The molecule has 3 rings (SSSR count). The van der Waals surface area contributed by atoms with Gasteiger partial charge >= 0.3 is 0 Å². The minimum absolute atomic E-state index is 0.0429. The lowest BCUT2D eigenvalue weighted by atomic mass is 9.67. The molecule has 4 nitrogen and oxygen atoms in total. The van der Waals surface area contributed by atoms with Crippen LogP contribution in [0, 0.1) is 5.41 Å². The minimum Gasteiger partial charge on any atom is -0.345 e. The minimum atomic E-state index is -0.0429. The monoisotopic (exact) mass is 360 g/mol. The van der Waals surface area contributed by atoms with Gasteiger partial charge in [-0.15, -0.1) is 0 Å². The highest BCUT2D eigenvalue weighted by molar-refractivity contribution is 7.98. The Morgan fingerprint density at radius 2 is 1.92 bits per heavy atom. The van der Waals surface area contributed by atoms with Crippen LogP contribution in [-0.4, -0.2) is 60.3 Å². The molecule has 1 aromatic carbocycles. The molecular weight excluding hydrogens is 332 g/mol. The molecule has 0 N–H and O–H groups in total. The number of piperidine rings is 2. The third-order valence-electron chi connectivity index (χ3n) is 5.78. The highest BCUT2D eigenvalue weighted by Crippen LogP contribution is 2.45. The van der Waals surface area contributed by atoms with E-state index in [0.717, 1.165) is 50.2 Å². The molecular formula is C20H28N2O2S. The van der Waals surface area contributed by atoms with E-state index in [0.29, 0.717) is 6.42 Å². The first-order valence-corrected chi connectivity index (χ1v) is 10.5. The Balaban J connectivity index is 1.68. The second-order valence-corrected chi connectivity index (χ2v) is 8.47. The van der Waals surface area contributed by atoms with Gasteiger partial charge in [-0.05, 0) is 36.5 Å². The zero-order valence-electron chi connectivity index (χ0n) is 15.2. The van der Waals surface area contributed by atoms with Crippen molar-refractivity contribution >= 4 is 23.6 Å². The normalized spacial score (nSPS) is 23.1. The molecule has 2 aliphatic heterocycles. The van der Waals surface area contributed by atoms with E-state index in [1.807, 2.05) is 41.3 Å². The van der Waals surface area contributed by atoms with Gasteiger partial charge < -0.3 is 9.80 Å². The van der Waals surface area contributed by atoms with Crippen molar-refractivity contribution in [1.29, 1.82) is 0 Å². The summed E-state index contributed by atoms with van der Waals surface area (Å²) in [6.45, 7) is 2.48. The summed E-state index contributed by atoms with van der Waals surface area (Å²) >= 11 is 1.72. The van der Waals surface area contributed by atoms with Crippen LogP contribution in [-0.2, 0) is 9.59 Å². The van der Waals surface area contributed by atoms with Crippen molar-refractivity contribution in [2.24, 2.45) is 5.41 Å². The number of likely N-dealkylation sites (N-methyl/N-ethyl adjacent to an activating group) is 1. The fourth-order valence-electron chi connectivity index (χ4n) is 4.32. The van der Waals surface area contributed by atoms with Gasteiger partial charge in [0, 0.05) is 38.9 Å². The lowest BCUT2D eigenvalue weighted by Crippen LogP contribution is -2.53. The molecule has 5 heteroatoms. The van der Waals surface area contributed by atoms with E-state index >= 15 is 0 Å². The molecule has 2 amide bonds. The number of nitrogens with zero attached hydrogens (tertiary/aromatic N) is 2. The van der Waals surface area contributed by atoms with E-state index in [1.54, 1.807) is 11.8 Å². The molecule has 0 radical (unpaired) electrons. The topological polar surface area (TPSA) is 40.6 Å². The summed E-state index contributed by atoms with van der Waals surface area (Å²) in [7, 11) is 1.93. The van der Waals surface area contributed by atoms with E-state index < -0.39 is 0 Å². The van der Waals surface area contributed by atoms with Gasteiger partial charge in [0.2, 0.25) is 11.8 Å². The summed E-state index contributed by atoms with van der Waals surface area (Å²) in [6.07, 6.45) is 5.58. The van der Waals surface area contributed by atoms with Crippen molar-refractivity contribution in [1.82, 2.24) is 9.80 Å². The Labute approximate surface area is 154 Å². The molecule has 1 spiro atoms. The summed E-state index contributed by atoms with van der Waals surface area (Å²) in [6, 6.07) is 10.1. The third kappa shape index (κ3) is 4.02. The van der Waals surface area contributed by atoms with Gasteiger partial charge in [-0.1, -0.05) is 30.3 Å². The SMILES string of the molecule is CSCCC(=O)N1CCC2(CC1)C[C@H](c1ccccc1)C(=O)N(C)C2. The van der Waals surface area contributed by atoms with E-state index in [4.69, 9.17) is 0 Å². The molecule has 25 heavy (non-hydrogen) atoms. The Morgan fingerprint density at radius 1 is 1.24 bits per heavy atom. The molecule has 0 bridgehead atoms. The summed E-state index contributed by atoms with van der Waals surface area (Å²) in [4.78, 5) is 28.9. The fraction of sp³-hybridized carbons (Fsp3) is 0.600. The number of hydrogen-bond acceptors (Lipinski definition) is 3. The van der Waals surface area contributed by atoms with Crippen LogP contribution in [0.15, 0.2) is 30.3 Å². The molecule has 0 saturated carbocycles. The second kappa shape index (κ2) is 7.81. The number of hydrogen-bond donors (Lipinski definition) is 0. The van der Waals surface area contributed by atoms with Crippen LogP contribution in [0.3, 0.4) is 0 Å². The average molecular weight is 361 g/mol. The summed E-state index contributed by atoms with van der Waals surface area (Å²) in [5, 5.41) is 0. The maximum atomic E-state index is 12.7. The number of benzene rings is 1. The van der Waals surface area contributed by atoms with Crippen molar-refractivity contribution in [3.8, 4) is 0 Å². The predicted molar refractivity (Wildman–Crippen MR) is 103 cm³/mol. The van der Waals surface area contributed by atoms with Crippen molar-refractivity contribution < 1.29 is 9.59 Å². The molecule has 2 saturated heterocycles. The highest BCUT2D eigenvalue weighted by atomic mass is 32.2. The number of amides is 2. The summed E-state index contributed by atoms with van der Waals surface area (Å²) in [5.74, 6) is 1.37. The Hall–Kier alpha value is -1.49. The number of likely N-dealkylation sites (tertiary alicyclic amines) is 2. The van der Waals surface area contributed by atoms with Crippen LogP contribution in [0.2, 0.25) is 0 Å². The van der Waals surface area contributed by atoms with Crippen LogP contribution >= 0.6 is 11.8 Å². The molecule has 2 aliphatic rings. The lowest BCUT2D eigenvalue weighted by molar-refractivity contribution is -0.142. The molecule has 2 heterocycles. The van der Waals surface area contributed by atoms with Gasteiger partial charge in [-0.3, -0.25) is 9.59 Å². The Morgan fingerprint density at radius 3 is 2.56 bits per heavy atom. The molecule has 0 aliphatic carbocycles. The van der Waals surface area contributed by atoms with E-state index in [-0.39, 0.29) is 23.1 Å². The van der Waals surface area contributed by atoms with E-state index in [9.17, 15) is 9.59 Å². The zero-order chi connectivity index (χ0) is 17.9. The maximum Gasteiger partial charge on any atom is 0.229 e. The number of thioether (sulfide) groups is 1. The standard InChI is InChI=1S/C20H28N2O2S/c1-21-15-20(9-11-22(12-10-20)18(23)8-13-25-2)14-17(19(21)24)16-6-4-3-5-7-16/h3-7,17H,8-15H2,1-2H3/t17-/m1/s1. The fourth-order valence-corrected chi connectivity index (χ4v) is 4.70. The van der Waals surface area contributed by atoms with Gasteiger partial charge in [-0.2, -0.15) is 11.8 Å². The van der Waals surface area contributed by atoms with Crippen LogP contribution in [0.1, 0.15) is 37.2 Å². The third-order valence-corrected chi connectivity index (χ3v) is 6.40. The lowest BCUT2D eigenvalue weighted by Gasteiger charge is -2.49. The molecule has 2 fully saturated rings. The van der Waals surface area contributed by atoms with Crippen molar-refractivity contribution in [3.63, 3.8) is 0 Å². The number of carbonyl (C=O) groups is 2. The van der Waals surface area contributed by atoms with Gasteiger partial charge in [-0.25, -0.2) is 0 Å². The number of carbonyl (C=O) groups excluding carboxylic acids is 2. The molecule has 0 unspecified atom stereocenters. The van der Waals surface area contributed by atoms with Gasteiger partial charge in [0.05, 0.1) is 5.92 Å². The van der Waals surface area contributed by atoms with Crippen molar-refractivity contribution in [2.45, 2.75) is 31.6 Å². The smallest absolute Gasteiger partial charge is 0.229 e. The molecule has 1 atom stereocenters. The first kappa shape index (κ1) is 18.3. The predicted octanol–water partition coefficient (Wildman–Crippen LogP) is 2.99. The van der Waals surface area contributed by atoms with Gasteiger partial charge in [0.15, 0.2) is 0 Å². The van der Waals surface area contributed by atoms with Crippen molar-refractivity contribution in [3.05, 3.63) is 35.9 Å². The Kier molecular flexibility index (Phi) is 5.72. The first-order valence-electron chi connectivity index (χ1n) is 9.11. The largest absolute Gasteiger partial charge is 0.345 e. The van der Waals surface area contributed by atoms with E-state index in [2.05, 4.69) is 12.1 Å². The van der Waals surface area contributed by atoms with Crippen LogP contribution in [0.5, 0.6) is 0 Å². The van der Waals surface area contributed by atoms with Gasteiger partial charge in [0.1, 0.15) is 0 Å². The maximum absolute atomic E-state index is 12.7. The Bertz CT molecular complexity index is 611. The van der Waals surface area contributed by atoms with Gasteiger partial charge in [0.25, 0.3) is 0 Å². The van der Waals surface area contributed by atoms with Crippen LogP contribution in [0.25, 0.3) is 0 Å². The number of rotatable bonds is 4. The highest BCUT2D eigenvalue weighted by Gasteiger charge is 2.45. The molecule has 136 valence electrons. The van der Waals surface area contributed by atoms with Crippen LogP contribution in [0.4, 0.5) is 0 Å². The second-order valence-electron chi connectivity index (χ2n) is 7.49. The molecule has 1 aromatic rings. The van der Waals surface area contributed by atoms with Crippen molar-refractivity contribution in [2.75, 3.05) is 38.7 Å². The summed E-state index contributed by atoms with van der Waals surface area (Å²) < 4.78 is 0. The summed E-state index contributed by atoms with van der Waals surface area (Å²) in [5.41, 5.74) is 1.27. The quantitative estimate of drug-likeness (QED) is 0.829. The zero-order valence-corrected chi connectivity index (χ0v) is 16.1. The molecule has 0 aromatic heterocycles. The van der Waals surface area contributed by atoms with Crippen LogP contribution < -0.4 is 0 Å². The van der Waals surface area contributed by atoms with E-state index in [1.165, 1.54) is 0 Å². The average Bonchev–Trinajstić information content (AvgIpc) is 2.64. The first-order chi connectivity index (χ1) is 12.0.